The molecule has 1 saturated heterocycles. The van der Waals surface area contributed by atoms with Crippen LogP contribution in [0.25, 0.3) is 0 Å². The van der Waals surface area contributed by atoms with Crippen LogP contribution >= 0.6 is 0 Å². The third-order valence-corrected chi connectivity index (χ3v) is 6.73. The Hall–Kier alpha value is -2.29. The van der Waals surface area contributed by atoms with Crippen LogP contribution in [0.1, 0.15) is 12.5 Å². The SMILES string of the molecule is C[C@H](C(=O)Nc1cccc(F)c1)N1CCN(S(=O)(=O)Cc2ccccc2)CC1. The van der Waals surface area contributed by atoms with Gasteiger partial charge in [0.25, 0.3) is 0 Å². The number of nitrogens with zero attached hydrogens (tertiary/aromatic N) is 2. The van der Waals surface area contributed by atoms with Crippen LogP contribution in [0.2, 0.25) is 0 Å². The molecule has 6 nitrogen and oxygen atoms in total. The second-order valence-corrected chi connectivity index (χ2v) is 8.82. The van der Waals surface area contributed by atoms with Gasteiger partial charge in [-0.2, -0.15) is 4.31 Å². The van der Waals surface area contributed by atoms with Crippen molar-refractivity contribution in [2.24, 2.45) is 0 Å². The van der Waals surface area contributed by atoms with Crippen molar-refractivity contribution in [1.82, 2.24) is 9.21 Å². The molecule has 0 radical (unpaired) electrons. The Morgan fingerprint density at radius 3 is 2.39 bits per heavy atom. The zero-order valence-electron chi connectivity index (χ0n) is 15.7. The molecule has 1 amide bonds. The molecule has 1 N–H and O–H groups in total. The third-order valence-electron chi connectivity index (χ3n) is 4.88. The highest BCUT2D eigenvalue weighted by molar-refractivity contribution is 7.88. The number of carbonyl (C=O) groups is 1. The summed E-state index contributed by atoms with van der Waals surface area (Å²) >= 11 is 0. The van der Waals surface area contributed by atoms with Gasteiger partial charge < -0.3 is 5.32 Å². The summed E-state index contributed by atoms with van der Waals surface area (Å²) in [6.07, 6.45) is 0. The molecule has 1 fully saturated rings. The van der Waals surface area contributed by atoms with E-state index in [1.54, 1.807) is 25.1 Å². The summed E-state index contributed by atoms with van der Waals surface area (Å²) in [5.41, 5.74) is 1.16. The fraction of sp³-hybridized carbons (Fsp3) is 0.350. The van der Waals surface area contributed by atoms with E-state index in [0.717, 1.165) is 5.56 Å². The van der Waals surface area contributed by atoms with Gasteiger partial charge in [0, 0.05) is 31.9 Å². The topological polar surface area (TPSA) is 69.7 Å². The van der Waals surface area contributed by atoms with Crippen molar-refractivity contribution >= 4 is 21.6 Å². The van der Waals surface area contributed by atoms with E-state index in [9.17, 15) is 17.6 Å². The van der Waals surface area contributed by atoms with Crippen LogP contribution in [-0.2, 0) is 20.6 Å². The molecule has 1 aliphatic heterocycles. The smallest absolute Gasteiger partial charge is 0.241 e. The number of rotatable bonds is 6. The minimum absolute atomic E-state index is 0.0244. The average molecular weight is 405 g/mol. The van der Waals surface area contributed by atoms with Gasteiger partial charge in [-0.15, -0.1) is 0 Å². The molecular formula is C20H24FN3O3S. The van der Waals surface area contributed by atoms with E-state index in [1.165, 1.54) is 22.5 Å². The number of amides is 1. The molecule has 8 heteroatoms. The lowest BCUT2D eigenvalue weighted by Crippen LogP contribution is -2.54. The van der Waals surface area contributed by atoms with E-state index >= 15 is 0 Å². The molecule has 0 spiro atoms. The Balaban J connectivity index is 1.54. The Labute approximate surface area is 165 Å². The lowest BCUT2D eigenvalue weighted by molar-refractivity contribution is -0.121. The van der Waals surface area contributed by atoms with Crippen molar-refractivity contribution in [3.63, 3.8) is 0 Å². The first kappa shape index (κ1) is 20.4. The number of nitrogens with one attached hydrogen (secondary N) is 1. The van der Waals surface area contributed by atoms with Crippen LogP contribution in [0.3, 0.4) is 0 Å². The largest absolute Gasteiger partial charge is 0.325 e. The zero-order valence-corrected chi connectivity index (χ0v) is 16.5. The maximum Gasteiger partial charge on any atom is 0.241 e. The van der Waals surface area contributed by atoms with Crippen LogP contribution in [0.4, 0.5) is 10.1 Å². The summed E-state index contributed by atoms with van der Waals surface area (Å²) in [6.45, 7) is 3.37. The molecule has 0 aromatic heterocycles. The first-order valence-corrected chi connectivity index (χ1v) is 10.8. The van der Waals surface area contributed by atoms with Gasteiger partial charge in [0.2, 0.25) is 15.9 Å². The highest BCUT2D eigenvalue weighted by Crippen LogP contribution is 2.16. The molecule has 1 aliphatic rings. The summed E-state index contributed by atoms with van der Waals surface area (Å²) in [5, 5.41) is 2.70. The van der Waals surface area contributed by atoms with E-state index in [2.05, 4.69) is 5.32 Å². The number of halogens is 1. The summed E-state index contributed by atoms with van der Waals surface area (Å²) in [5.74, 6) is -0.683. The van der Waals surface area contributed by atoms with Gasteiger partial charge in [-0.1, -0.05) is 36.4 Å². The summed E-state index contributed by atoms with van der Waals surface area (Å²) in [4.78, 5) is 14.4. The zero-order chi connectivity index (χ0) is 20.1. The summed E-state index contributed by atoms with van der Waals surface area (Å²) in [7, 11) is -3.39. The molecule has 1 atom stereocenters. The summed E-state index contributed by atoms with van der Waals surface area (Å²) < 4.78 is 40.0. The molecule has 0 saturated carbocycles. The maximum atomic E-state index is 13.3. The number of benzene rings is 2. The molecule has 0 aliphatic carbocycles. The molecule has 2 aromatic rings. The molecule has 150 valence electrons. The third kappa shape index (κ3) is 5.15. The second-order valence-electron chi connectivity index (χ2n) is 6.85. The fourth-order valence-corrected chi connectivity index (χ4v) is 4.74. The van der Waals surface area contributed by atoms with Crippen molar-refractivity contribution in [3.8, 4) is 0 Å². The average Bonchev–Trinajstić information content (AvgIpc) is 2.68. The quantitative estimate of drug-likeness (QED) is 0.801. The van der Waals surface area contributed by atoms with Gasteiger partial charge in [-0.05, 0) is 30.7 Å². The van der Waals surface area contributed by atoms with Gasteiger partial charge in [0.1, 0.15) is 5.82 Å². The van der Waals surface area contributed by atoms with Gasteiger partial charge in [-0.25, -0.2) is 12.8 Å². The van der Waals surface area contributed by atoms with Crippen LogP contribution in [0.5, 0.6) is 0 Å². The van der Waals surface area contributed by atoms with Crippen LogP contribution in [0.15, 0.2) is 54.6 Å². The van der Waals surface area contributed by atoms with Crippen molar-refractivity contribution in [3.05, 3.63) is 66.0 Å². The fourth-order valence-electron chi connectivity index (χ4n) is 3.22. The number of sulfonamides is 1. The second kappa shape index (κ2) is 8.81. The highest BCUT2D eigenvalue weighted by Gasteiger charge is 2.30. The normalized spacial score (nSPS) is 17.2. The predicted molar refractivity (Wildman–Crippen MR) is 107 cm³/mol. The Morgan fingerprint density at radius 2 is 1.75 bits per heavy atom. The van der Waals surface area contributed by atoms with Gasteiger partial charge >= 0.3 is 0 Å². The predicted octanol–water partition coefficient (Wildman–Crippen LogP) is 2.30. The minimum atomic E-state index is -3.39. The summed E-state index contributed by atoms with van der Waals surface area (Å²) in [6, 6.07) is 14.4. The highest BCUT2D eigenvalue weighted by atomic mass is 32.2. The molecular weight excluding hydrogens is 381 g/mol. The standard InChI is InChI=1S/C20H24FN3O3S/c1-16(20(25)22-19-9-5-8-18(21)14-19)23-10-12-24(13-11-23)28(26,27)15-17-6-3-2-4-7-17/h2-9,14,16H,10-13,15H2,1H3,(H,22,25)/t16-/m1/s1. The van der Waals surface area contributed by atoms with Gasteiger partial charge in [0.05, 0.1) is 11.8 Å². The van der Waals surface area contributed by atoms with Gasteiger partial charge in [-0.3, -0.25) is 9.69 Å². The number of piperazine rings is 1. The molecule has 0 bridgehead atoms. The number of hydrogen-bond donors (Lipinski definition) is 1. The first-order valence-electron chi connectivity index (χ1n) is 9.17. The van der Waals surface area contributed by atoms with E-state index in [0.29, 0.717) is 31.9 Å². The Morgan fingerprint density at radius 1 is 1.07 bits per heavy atom. The number of hydrogen-bond acceptors (Lipinski definition) is 4. The van der Waals surface area contributed by atoms with Crippen LogP contribution in [-0.4, -0.2) is 55.8 Å². The lowest BCUT2D eigenvalue weighted by atomic mass is 10.2. The number of carbonyl (C=O) groups excluding carboxylic acids is 1. The van der Waals surface area contributed by atoms with Crippen molar-refractivity contribution in [2.45, 2.75) is 18.7 Å². The molecule has 28 heavy (non-hydrogen) atoms. The minimum Gasteiger partial charge on any atom is -0.325 e. The van der Waals surface area contributed by atoms with Crippen molar-refractivity contribution in [1.29, 1.82) is 0 Å². The van der Waals surface area contributed by atoms with E-state index in [4.69, 9.17) is 0 Å². The first-order chi connectivity index (χ1) is 13.3. The molecule has 2 aromatic carbocycles. The van der Waals surface area contributed by atoms with Crippen LogP contribution < -0.4 is 5.32 Å². The lowest BCUT2D eigenvalue weighted by Gasteiger charge is -2.36. The molecule has 0 unspecified atom stereocenters. The van der Waals surface area contributed by atoms with Crippen molar-refractivity contribution < 1.29 is 17.6 Å². The Bertz CT molecular complexity index is 913. The monoisotopic (exact) mass is 405 g/mol. The van der Waals surface area contributed by atoms with Crippen LogP contribution in [0, 0.1) is 5.82 Å². The van der Waals surface area contributed by atoms with Crippen molar-refractivity contribution in [2.75, 3.05) is 31.5 Å². The maximum absolute atomic E-state index is 13.3. The van der Waals surface area contributed by atoms with E-state index < -0.39 is 21.9 Å². The van der Waals surface area contributed by atoms with Gasteiger partial charge in [0.15, 0.2) is 0 Å². The molecule has 1 heterocycles. The molecule has 3 rings (SSSR count). The van der Waals surface area contributed by atoms with E-state index in [-0.39, 0.29) is 11.7 Å². The Kier molecular flexibility index (Phi) is 6.43. The van der Waals surface area contributed by atoms with E-state index in [1.807, 2.05) is 23.1 Å². The number of anilines is 1.